The molecule has 0 radical (unpaired) electrons. The number of aryl methyl sites for hydroxylation is 1. The first-order valence-electron chi connectivity index (χ1n) is 10.2. The van der Waals surface area contributed by atoms with Crippen LogP contribution in [-0.4, -0.2) is 22.8 Å². The van der Waals surface area contributed by atoms with Crippen molar-refractivity contribution in [2.75, 3.05) is 12.4 Å². The molecule has 0 fully saturated rings. The Bertz CT molecular complexity index is 1120. The van der Waals surface area contributed by atoms with Gasteiger partial charge < -0.3 is 10.1 Å². The number of ether oxygens (including phenoxy) is 1. The monoisotopic (exact) mass is 403 g/mol. The fraction of sp³-hybridized carbons (Fsp3) is 0.292. The molecular formula is C24H25N3O3. The van der Waals surface area contributed by atoms with E-state index in [4.69, 9.17) is 4.74 Å². The number of nitrogens with one attached hydrogen (secondary N) is 1. The highest BCUT2D eigenvalue weighted by molar-refractivity contribution is 5.90. The molecule has 0 atom stereocenters. The fourth-order valence-electron chi connectivity index (χ4n) is 3.85. The number of nitrogens with zero attached hydrogens (tertiary/aromatic N) is 2. The number of benzene rings is 2. The normalized spacial score (nSPS) is 12.9. The number of carbonyl (C=O) groups is 1. The van der Waals surface area contributed by atoms with Crippen LogP contribution >= 0.6 is 0 Å². The van der Waals surface area contributed by atoms with Crippen LogP contribution < -0.4 is 15.6 Å². The lowest BCUT2D eigenvalue weighted by Gasteiger charge is -2.20. The highest BCUT2D eigenvalue weighted by Gasteiger charge is 2.22. The average molecular weight is 403 g/mol. The molecule has 0 saturated carbocycles. The Labute approximate surface area is 175 Å². The van der Waals surface area contributed by atoms with Gasteiger partial charge in [0.15, 0.2) is 0 Å². The molecular weight excluding hydrogens is 378 g/mol. The van der Waals surface area contributed by atoms with E-state index >= 15 is 0 Å². The van der Waals surface area contributed by atoms with Gasteiger partial charge in [0.2, 0.25) is 5.91 Å². The van der Waals surface area contributed by atoms with Crippen molar-refractivity contribution in [2.24, 2.45) is 0 Å². The number of carbonyl (C=O) groups excluding carboxylic acids is 1. The molecule has 1 aliphatic rings. The van der Waals surface area contributed by atoms with Gasteiger partial charge in [-0.3, -0.25) is 9.59 Å². The van der Waals surface area contributed by atoms with Crippen molar-refractivity contribution in [3.63, 3.8) is 0 Å². The molecule has 1 amide bonds. The Kier molecular flexibility index (Phi) is 5.65. The van der Waals surface area contributed by atoms with Gasteiger partial charge in [0.25, 0.3) is 5.56 Å². The second-order valence-electron chi connectivity index (χ2n) is 7.62. The average Bonchev–Trinajstić information content (AvgIpc) is 2.77. The minimum atomic E-state index is -0.291. The first-order valence-corrected chi connectivity index (χ1v) is 10.2. The van der Waals surface area contributed by atoms with Gasteiger partial charge in [0, 0.05) is 16.8 Å². The number of methoxy groups -OCH3 is 1. The summed E-state index contributed by atoms with van der Waals surface area (Å²) in [6, 6.07) is 15.2. The third kappa shape index (κ3) is 4.13. The molecule has 1 aromatic heterocycles. The fourth-order valence-corrected chi connectivity index (χ4v) is 3.85. The van der Waals surface area contributed by atoms with Crippen molar-refractivity contribution in [3.8, 4) is 17.0 Å². The summed E-state index contributed by atoms with van der Waals surface area (Å²) < 4.78 is 6.44. The van der Waals surface area contributed by atoms with Crippen molar-refractivity contribution < 1.29 is 9.53 Å². The molecule has 1 N–H and O–H groups in total. The summed E-state index contributed by atoms with van der Waals surface area (Å²) in [6.45, 7) is 1.91. The topological polar surface area (TPSA) is 73.2 Å². The lowest BCUT2D eigenvalue weighted by Crippen LogP contribution is -2.34. The van der Waals surface area contributed by atoms with E-state index in [-0.39, 0.29) is 18.0 Å². The summed E-state index contributed by atoms with van der Waals surface area (Å²) in [5.41, 5.74) is 5.26. The van der Waals surface area contributed by atoms with Crippen LogP contribution in [0.3, 0.4) is 0 Å². The Balaban J connectivity index is 1.65. The Morgan fingerprint density at radius 2 is 1.70 bits per heavy atom. The van der Waals surface area contributed by atoms with Crippen molar-refractivity contribution in [3.05, 3.63) is 75.6 Å². The molecule has 2 aromatic carbocycles. The van der Waals surface area contributed by atoms with Crippen LogP contribution in [0, 0.1) is 6.92 Å². The number of fused-ring (bicyclic) bond motifs is 1. The molecule has 6 heteroatoms. The number of hydrogen-bond donors (Lipinski definition) is 1. The number of hydrogen-bond acceptors (Lipinski definition) is 4. The number of anilines is 1. The van der Waals surface area contributed by atoms with Crippen molar-refractivity contribution in [1.82, 2.24) is 9.78 Å². The van der Waals surface area contributed by atoms with Crippen LogP contribution in [-0.2, 0) is 24.2 Å². The van der Waals surface area contributed by atoms with Gasteiger partial charge in [0.05, 0.1) is 12.8 Å². The smallest absolute Gasteiger partial charge is 0.270 e. The van der Waals surface area contributed by atoms with Crippen LogP contribution in [0.5, 0.6) is 5.75 Å². The molecule has 4 rings (SSSR count). The molecule has 30 heavy (non-hydrogen) atoms. The van der Waals surface area contributed by atoms with E-state index in [1.54, 1.807) is 31.4 Å². The molecule has 1 aliphatic carbocycles. The molecule has 1 heterocycles. The van der Waals surface area contributed by atoms with Gasteiger partial charge in [0.1, 0.15) is 12.3 Å². The van der Waals surface area contributed by atoms with Gasteiger partial charge >= 0.3 is 0 Å². The van der Waals surface area contributed by atoms with E-state index in [1.807, 2.05) is 31.2 Å². The van der Waals surface area contributed by atoms with E-state index in [1.165, 1.54) is 10.2 Å². The number of amides is 1. The predicted octanol–water partition coefficient (Wildman–Crippen LogP) is 3.74. The van der Waals surface area contributed by atoms with Crippen molar-refractivity contribution in [2.45, 2.75) is 39.2 Å². The first-order chi connectivity index (χ1) is 14.5. The zero-order valence-electron chi connectivity index (χ0n) is 17.3. The molecule has 0 saturated heterocycles. The summed E-state index contributed by atoms with van der Waals surface area (Å²) in [5, 5.41) is 7.44. The van der Waals surface area contributed by atoms with Gasteiger partial charge in [-0.1, -0.05) is 29.8 Å². The molecule has 0 aliphatic heterocycles. The number of aromatic nitrogens is 2. The van der Waals surface area contributed by atoms with Crippen molar-refractivity contribution >= 4 is 11.6 Å². The maximum atomic E-state index is 13.0. The summed E-state index contributed by atoms with van der Waals surface area (Å²) in [4.78, 5) is 25.6. The summed E-state index contributed by atoms with van der Waals surface area (Å²) in [6.07, 6.45) is 3.61. The largest absolute Gasteiger partial charge is 0.497 e. The molecule has 6 nitrogen and oxygen atoms in total. The minimum Gasteiger partial charge on any atom is -0.497 e. The van der Waals surface area contributed by atoms with E-state index in [2.05, 4.69) is 10.4 Å². The molecule has 3 aromatic rings. The van der Waals surface area contributed by atoms with Crippen LogP contribution in [0.2, 0.25) is 0 Å². The minimum absolute atomic E-state index is 0.128. The van der Waals surface area contributed by atoms with E-state index < -0.39 is 0 Å². The van der Waals surface area contributed by atoms with Gasteiger partial charge in [-0.2, -0.15) is 5.10 Å². The van der Waals surface area contributed by atoms with E-state index in [9.17, 15) is 9.59 Å². The first kappa shape index (κ1) is 19.9. The van der Waals surface area contributed by atoms with Crippen LogP contribution in [0.25, 0.3) is 11.3 Å². The molecule has 0 unspecified atom stereocenters. The lowest BCUT2D eigenvalue weighted by molar-refractivity contribution is -0.117. The third-order valence-electron chi connectivity index (χ3n) is 5.46. The lowest BCUT2D eigenvalue weighted by atomic mass is 9.89. The molecule has 0 spiro atoms. The predicted molar refractivity (Wildman–Crippen MR) is 117 cm³/mol. The standard InChI is InChI=1S/C24H25N3O3/c1-16-7-9-17(10-8-16)23-20-5-3-4-6-21(20)24(29)27(26-23)15-22(28)25-18-11-13-19(30-2)14-12-18/h7-14H,3-6,15H2,1-2H3,(H,25,28). The molecule has 0 bridgehead atoms. The van der Waals surface area contributed by atoms with Gasteiger partial charge in [-0.05, 0) is 62.4 Å². The second-order valence-corrected chi connectivity index (χ2v) is 7.62. The Hall–Kier alpha value is -3.41. The zero-order chi connectivity index (χ0) is 21.1. The highest BCUT2D eigenvalue weighted by Crippen LogP contribution is 2.28. The van der Waals surface area contributed by atoms with Crippen molar-refractivity contribution in [1.29, 1.82) is 0 Å². The van der Waals surface area contributed by atoms with E-state index in [0.717, 1.165) is 48.1 Å². The third-order valence-corrected chi connectivity index (χ3v) is 5.46. The Morgan fingerprint density at radius 1 is 1.03 bits per heavy atom. The number of rotatable bonds is 5. The summed E-state index contributed by atoms with van der Waals surface area (Å²) in [5.74, 6) is 0.420. The zero-order valence-corrected chi connectivity index (χ0v) is 17.3. The van der Waals surface area contributed by atoms with Gasteiger partial charge in [-0.15, -0.1) is 0 Å². The van der Waals surface area contributed by atoms with Crippen LogP contribution in [0.4, 0.5) is 5.69 Å². The summed E-state index contributed by atoms with van der Waals surface area (Å²) in [7, 11) is 1.59. The quantitative estimate of drug-likeness (QED) is 0.704. The SMILES string of the molecule is COc1ccc(NC(=O)Cn2nc(-c3ccc(C)cc3)c3c(c2=O)CCCC3)cc1. The highest BCUT2D eigenvalue weighted by atomic mass is 16.5. The van der Waals surface area contributed by atoms with Crippen LogP contribution in [0.1, 0.15) is 29.5 Å². The maximum absolute atomic E-state index is 13.0. The summed E-state index contributed by atoms with van der Waals surface area (Å²) >= 11 is 0. The Morgan fingerprint density at radius 3 is 2.37 bits per heavy atom. The van der Waals surface area contributed by atoms with Crippen LogP contribution in [0.15, 0.2) is 53.3 Å². The molecule has 154 valence electrons. The van der Waals surface area contributed by atoms with E-state index in [0.29, 0.717) is 11.4 Å². The van der Waals surface area contributed by atoms with Gasteiger partial charge in [-0.25, -0.2) is 4.68 Å². The second kappa shape index (κ2) is 8.53. The maximum Gasteiger partial charge on any atom is 0.270 e.